The summed E-state index contributed by atoms with van der Waals surface area (Å²) in [6.45, 7) is 4.43. The number of hydrogen-bond acceptors (Lipinski definition) is 3. The van der Waals surface area contributed by atoms with E-state index in [0.717, 1.165) is 40.1 Å². The van der Waals surface area contributed by atoms with Crippen LogP contribution < -0.4 is 0 Å². The maximum Gasteiger partial charge on any atom is 0.354 e. The molecule has 0 bridgehead atoms. The molecule has 1 N–H and O–H groups in total. The summed E-state index contributed by atoms with van der Waals surface area (Å²) in [6.07, 6.45) is 2.20. The molecular weight excluding hydrogens is 332 g/mol. The van der Waals surface area contributed by atoms with Crippen LogP contribution in [-0.2, 0) is 6.54 Å². The summed E-state index contributed by atoms with van der Waals surface area (Å²) >= 11 is 1.64. The van der Waals surface area contributed by atoms with Gasteiger partial charge in [-0.15, -0.1) is 0 Å². The summed E-state index contributed by atoms with van der Waals surface area (Å²) in [5.41, 5.74) is 1.97. The molecule has 5 heteroatoms. The van der Waals surface area contributed by atoms with Gasteiger partial charge in [-0.25, -0.2) is 9.78 Å². The Balaban J connectivity index is 2.03. The maximum atomic E-state index is 11.8. The lowest BCUT2D eigenvalue weighted by molar-refractivity contribution is 0.0684. The van der Waals surface area contributed by atoms with E-state index in [1.807, 2.05) is 22.8 Å². The first-order valence-corrected chi connectivity index (χ1v) is 9.50. The van der Waals surface area contributed by atoms with Crippen molar-refractivity contribution in [2.45, 2.75) is 38.4 Å². The monoisotopic (exact) mass is 354 g/mol. The van der Waals surface area contributed by atoms with Gasteiger partial charge in [0.15, 0.2) is 10.9 Å². The van der Waals surface area contributed by atoms with Crippen LogP contribution in [0.25, 0.3) is 10.8 Å². The number of carboxylic acids is 1. The van der Waals surface area contributed by atoms with Crippen molar-refractivity contribution in [3.63, 3.8) is 0 Å². The Morgan fingerprint density at radius 3 is 2.72 bits per heavy atom. The molecule has 3 aromatic rings. The molecule has 3 rings (SSSR count). The number of carbonyl (C=O) groups is 1. The average Bonchev–Trinajstić information content (AvgIpc) is 2.91. The highest BCUT2D eigenvalue weighted by Crippen LogP contribution is 2.26. The third kappa shape index (κ3) is 3.71. The molecule has 4 nitrogen and oxygen atoms in total. The van der Waals surface area contributed by atoms with Gasteiger partial charge in [0.2, 0.25) is 0 Å². The van der Waals surface area contributed by atoms with E-state index in [0.29, 0.717) is 12.2 Å². The normalized spacial score (nSPS) is 11.1. The molecule has 0 atom stereocenters. The highest BCUT2D eigenvalue weighted by atomic mass is 32.2. The van der Waals surface area contributed by atoms with Gasteiger partial charge in [0.25, 0.3) is 0 Å². The van der Waals surface area contributed by atoms with Crippen LogP contribution >= 0.6 is 11.8 Å². The largest absolute Gasteiger partial charge is 0.477 e. The standard InChI is InChI=1S/C20H22N2O2S/c1-3-4-12-25-20-21-14(2)18(19(23)24)22(20)13-16-10-7-9-15-8-5-6-11-17(15)16/h5-11H,3-4,12-13H2,1-2H3,(H,23,24). The van der Waals surface area contributed by atoms with Crippen LogP contribution in [0.3, 0.4) is 0 Å². The Labute approximate surface area is 151 Å². The van der Waals surface area contributed by atoms with Crippen LogP contribution in [0.15, 0.2) is 47.6 Å². The zero-order valence-corrected chi connectivity index (χ0v) is 15.3. The number of hydrogen-bond donors (Lipinski definition) is 1. The first-order chi connectivity index (χ1) is 12.1. The smallest absolute Gasteiger partial charge is 0.354 e. The Kier molecular flexibility index (Phi) is 5.43. The van der Waals surface area contributed by atoms with Crippen LogP contribution in [0.5, 0.6) is 0 Å². The number of rotatable bonds is 7. The Morgan fingerprint density at radius 2 is 1.96 bits per heavy atom. The number of carboxylic acid groups (broad SMARTS) is 1. The van der Waals surface area contributed by atoms with E-state index < -0.39 is 5.97 Å². The molecule has 0 spiro atoms. The quantitative estimate of drug-likeness (QED) is 0.480. The molecule has 0 aliphatic rings. The highest BCUT2D eigenvalue weighted by molar-refractivity contribution is 7.99. The summed E-state index contributed by atoms with van der Waals surface area (Å²) in [4.78, 5) is 16.3. The number of aryl methyl sites for hydroxylation is 1. The van der Waals surface area contributed by atoms with Gasteiger partial charge in [-0.1, -0.05) is 67.6 Å². The van der Waals surface area contributed by atoms with E-state index in [4.69, 9.17) is 0 Å². The minimum atomic E-state index is -0.924. The summed E-state index contributed by atoms with van der Waals surface area (Å²) < 4.78 is 1.85. The minimum Gasteiger partial charge on any atom is -0.477 e. The molecule has 2 aromatic carbocycles. The molecule has 0 aliphatic heterocycles. The number of nitrogens with zero attached hydrogens (tertiary/aromatic N) is 2. The molecule has 1 aromatic heterocycles. The molecule has 0 saturated heterocycles. The number of thioether (sulfide) groups is 1. The fourth-order valence-corrected chi connectivity index (χ4v) is 4.11. The van der Waals surface area contributed by atoms with Crippen LogP contribution in [0, 0.1) is 6.92 Å². The van der Waals surface area contributed by atoms with Crippen molar-refractivity contribution in [2.24, 2.45) is 0 Å². The van der Waals surface area contributed by atoms with Gasteiger partial charge < -0.3 is 9.67 Å². The lowest BCUT2D eigenvalue weighted by atomic mass is 10.0. The van der Waals surface area contributed by atoms with Crippen molar-refractivity contribution in [1.29, 1.82) is 0 Å². The molecule has 0 saturated carbocycles. The first kappa shape index (κ1) is 17.5. The minimum absolute atomic E-state index is 0.284. The number of imidazole rings is 1. The SMILES string of the molecule is CCCCSc1nc(C)c(C(=O)O)n1Cc1cccc2ccccc12. The van der Waals surface area contributed by atoms with E-state index in [1.54, 1.807) is 18.7 Å². The summed E-state index contributed by atoms with van der Waals surface area (Å²) in [6, 6.07) is 14.3. The van der Waals surface area contributed by atoms with Gasteiger partial charge in [-0.3, -0.25) is 0 Å². The number of unbranched alkanes of at least 4 members (excludes halogenated alkanes) is 1. The van der Waals surface area contributed by atoms with Crippen molar-refractivity contribution < 1.29 is 9.90 Å². The number of benzene rings is 2. The van der Waals surface area contributed by atoms with Gasteiger partial charge in [0, 0.05) is 5.75 Å². The van der Waals surface area contributed by atoms with Gasteiger partial charge in [-0.05, 0) is 29.7 Å². The van der Waals surface area contributed by atoms with E-state index in [-0.39, 0.29) is 5.69 Å². The molecule has 0 unspecified atom stereocenters. The average molecular weight is 354 g/mol. The predicted octanol–water partition coefficient (Wildman–Crippen LogP) is 4.98. The third-order valence-electron chi connectivity index (χ3n) is 4.25. The molecule has 0 aliphatic carbocycles. The van der Waals surface area contributed by atoms with Crippen LogP contribution in [0.4, 0.5) is 0 Å². The lowest BCUT2D eigenvalue weighted by Gasteiger charge is -2.12. The second-order valence-electron chi connectivity index (χ2n) is 6.06. The van der Waals surface area contributed by atoms with Crippen LogP contribution in [0.1, 0.15) is 41.5 Å². The molecule has 130 valence electrons. The molecule has 0 amide bonds. The fraction of sp³-hybridized carbons (Fsp3) is 0.300. The van der Waals surface area contributed by atoms with Crippen molar-refractivity contribution in [3.05, 3.63) is 59.4 Å². The molecule has 1 heterocycles. The molecule has 0 radical (unpaired) electrons. The summed E-state index contributed by atoms with van der Waals surface area (Å²) in [7, 11) is 0. The van der Waals surface area contributed by atoms with Crippen molar-refractivity contribution >= 4 is 28.5 Å². The maximum absolute atomic E-state index is 11.8. The van der Waals surface area contributed by atoms with Crippen molar-refractivity contribution in [1.82, 2.24) is 9.55 Å². The van der Waals surface area contributed by atoms with Crippen molar-refractivity contribution in [2.75, 3.05) is 5.75 Å². The van der Waals surface area contributed by atoms with Crippen LogP contribution in [0.2, 0.25) is 0 Å². The molecule has 0 fully saturated rings. The topological polar surface area (TPSA) is 55.1 Å². The van der Waals surface area contributed by atoms with Gasteiger partial charge in [-0.2, -0.15) is 0 Å². The third-order valence-corrected chi connectivity index (χ3v) is 5.31. The van der Waals surface area contributed by atoms with E-state index >= 15 is 0 Å². The number of aromatic nitrogens is 2. The highest BCUT2D eigenvalue weighted by Gasteiger charge is 2.21. The molecule has 25 heavy (non-hydrogen) atoms. The Morgan fingerprint density at radius 1 is 1.20 bits per heavy atom. The first-order valence-electron chi connectivity index (χ1n) is 8.51. The van der Waals surface area contributed by atoms with E-state index in [1.165, 1.54) is 0 Å². The summed E-state index contributed by atoms with van der Waals surface area (Å²) in [5, 5.41) is 12.8. The van der Waals surface area contributed by atoms with Crippen molar-refractivity contribution in [3.8, 4) is 0 Å². The Hall–Kier alpha value is -2.27. The van der Waals surface area contributed by atoms with Gasteiger partial charge in [0.1, 0.15) is 0 Å². The molecular formula is C20H22N2O2S. The van der Waals surface area contributed by atoms with Gasteiger partial charge in [0.05, 0.1) is 12.2 Å². The second kappa shape index (κ2) is 7.74. The lowest BCUT2D eigenvalue weighted by Crippen LogP contribution is -2.12. The zero-order valence-electron chi connectivity index (χ0n) is 14.5. The fourth-order valence-electron chi connectivity index (χ4n) is 2.98. The Bertz CT molecular complexity index is 897. The van der Waals surface area contributed by atoms with Crippen LogP contribution in [-0.4, -0.2) is 26.4 Å². The summed E-state index contributed by atoms with van der Waals surface area (Å²) in [5.74, 6) is 0.0224. The second-order valence-corrected chi connectivity index (χ2v) is 7.12. The predicted molar refractivity (Wildman–Crippen MR) is 103 cm³/mol. The van der Waals surface area contributed by atoms with E-state index in [9.17, 15) is 9.90 Å². The number of fused-ring (bicyclic) bond motifs is 1. The number of aromatic carboxylic acids is 1. The van der Waals surface area contributed by atoms with Gasteiger partial charge >= 0.3 is 5.97 Å². The zero-order chi connectivity index (χ0) is 17.8. The van der Waals surface area contributed by atoms with E-state index in [2.05, 4.69) is 36.2 Å².